The van der Waals surface area contributed by atoms with Gasteiger partial charge in [0.05, 0.1) is 44.6 Å². The molecule has 1 fully saturated rings. The van der Waals surface area contributed by atoms with E-state index in [1.54, 1.807) is 0 Å². The second kappa shape index (κ2) is 9.39. The molecule has 0 aromatic carbocycles. The van der Waals surface area contributed by atoms with Gasteiger partial charge >= 0.3 is 5.97 Å². The Kier molecular flexibility index (Phi) is 9.03. The first kappa shape index (κ1) is 16.4. The van der Waals surface area contributed by atoms with Crippen molar-refractivity contribution in [3.05, 3.63) is 0 Å². The summed E-state index contributed by atoms with van der Waals surface area (Å²) in [5.74, 6) is -0.837. The quantitative estimate of drug-likeness (QED) is 0.820. The summed E-state index contributed by atoms with van der Waals surface area (Å²) in [6.07, 6.45) is 0.547. The Hall–Kier alpha value is -0.650. The molecule has 5 heteroatoms. The van der Waals surface area contributed by atoms with E-state index in [2.05, 4.69) is 0 Å². The van der Waals surface area contributed by atoms with Crippen LogP contribution in [-0.2, 0) is 19.0 Å². The lowest BCUT2D eigenvalue weighted by Crippen LogP contribution is -2.30. The lowest BCUT2D eigenvalue weighted by molar-refractivity contribution is -0.146. The first-order valence-electron chi connectivity index (χ1n) is 5.98. The van der Waals surface area contributed by atoms with Gasteiger partial charge in [-0.2, -0.15) is 0 Å². The number of aliphatic carboxylic acids is 1. The van der Waals surface area contributed by atoms with Gasteiger partial charge in [-0.1, -0.05) is 0 Å². The van der Waals surface area contributed by atoms with E-state index in [9.17, 15) is 4.79 Å². The van der Waals surface area contributed by atoms with Gasteiger partial charge in [-0.15, -0.1) is 0 Å². The predicted octanol–water partition coefficient (Wildman–Crippen LogP) is 1.70. The average molecular weight is 248 g/mol. The Morgan fingerprint density at radius 2 is 1.88 bits per heavy atom. The van der Waals surface area contributed by atoms with Gasteiger partial charge < -0.3 is 19.3 Å². The highest BCUT2D eigenvalue weighted by molar-refractivity contribution is 5.67. The summed E-state index contributed by atoms with van der Waals surface area (Å²) < 4.78 is 15.3. The highest BCUT2D eigenvalue weighted by Crippen LogP contribution is 2.04. The van der Waals surface area contributed by atoms with E-state index in [4.69, 9.17) is 19.3 Å². The molecule has 102 valence electrons. The van der Waals surface area contributed by atoms with Crippen LogP contribution < -0.4 is 0 Å². The van der Waals surface area contributed by atoms with Crippen LogP contribution in [0.4, 0.5) is 0 Å². The van der Waals surface area contributed by atoms with Gasteiger partial charge in [0.15, 0.2) is 0 Å². The predicted molar refractivity (Wildman–Crippen MR) is 64.2 cm³/mol. The lowest BCUT2D eigenvalue weighted by atomic mass is 10.2. The van der Waals surface area contributed by atoms with E-state index in [-0.39, 0.29) is 12.5 Å². The van der Waals surface area contributed by atoms with Gasteiger partial charge in [0.25, 0.3) is 0 Å². The van der Waals surface area contributed by atoms with Crippen molar-refractivity contribution in [1.29, 1.82) is 0 Å². The zero-order chi connectivity index (χ0) is 13.3. The van der Waals surface area contributed by atoms with Crippen LogP contribution in [0.5, 0.6) is 0 Å². The van der Waals surface area contributed by atoms with E-state index in [1.165, 1.54) is 0 Å². The van der Waals surface area contributed by atoms with Crippen molar-refractivity contribution in [2.24, 2.45) is 0 Å². The number of hydrogen-bond acceptors (Lipinski definition) is 4. The molecule has 0 aromatic rings. The monoisotopic (exact) mass is 248 g/mol. The van der Waals surface area contributed by atoms with Crippen LogP contribution in [0.1, 0.15) is 34.1 Å². The first-order valence-corrected chi connectivity index (χ1v) is 5.98. The molecule has 1 heterocycles. The van der Waals surface area contributed by atoms with Crippen molar-refractivity contribution in [3.8, 4) is 0 Å². The molecular formula is C12H24O5. The smallest absolute Gasteiger partial charge is 0.306 e. The third-order valence-electron chi connectivity index (χ3n) is 1.83. The van der Waals surface area contributed by atoms with E-state index in [1.807, 2.05) is 27.7 Å². The van der Waals surface area contributed by atoms with Crippen LogP contribution in [0.2, 0.25) is 0 Å². The highest BCUT2D eigenvalue weighted by Gasteiger charge is 2.16. The fourth-order valence-electron chi connectivity index (χ4n) is 1.39. The molecule has 1 atom stereocenters. The lowest BCUT2D eigenvalue weighted by Gasteiger charge is -2.20. The molecule has 0 aromatic heterocycles. The molecule has 1 rings (SSSR count). The topological polar surface area (TPSA) is 65.0 Å². The third kappa shape index (κ3) is 11.6. The molecule has 1 unspecified atom stereocenters. The standard InChI is InChI=1S/C6H10O4.C6H14O/c7-6(8)3-5-4-9-1-2-10-5;1-5(2)7-6(3)4/h5H,1-4H2,(H,7,8);5-6H,1-4H3. The summed E-state index contributed by atoms with van der Waals surface area (Å²) in [5, 5.41) is 8.33. The zero-order valence-corrected chi connectivity index (χ0v) is 11.1. The summed E-state index contributed by atoms with van der Waals surface area (Å²) in [4.78, 5) is 10.1. The van der Waals surface area contributed by atoms with Crippen molar-refractivity contribution in [2.45, 2.75) is 52.4 Å². The van der Waals surface area contributed by atoms with E-state index >= 15 is 0 Å². The molecule has 1 aliphatic rings. The fraction of sp³-hybridized carbons (Fsp3) is 0.917. The van der Waals surface area contributed by atoms with Crippen molar-refractivity contribution in [2.75, 3.05) is 19.8 Å². The Balaban J connectivity index is 0.000000325. The average Bonchev–Trinajstić information content (AvgIpc) is 2.16. The second-order valence-electron chi connectivity index (χ2n) is 4.40. The normalized spacial score (nSPS) is 20.0. The minimum Gasteiger partial charge on any atom is -0.481 e. The molecule has 1 aliphatic heterocycles. The summed E-state index contributed by atoms with van der Waals surface area (Å²) in [6.45, 7) is 9.67. The Bertz CT molecular complexity index is 191. The summed E-state index contributed by atoms with van der Waals surface area (Å²) in [7, 11) is 0. The molecule has 0 radical (unpaired) electrons. The maximum atomic E-state index is 10.1. The van der Waals surface area contributed by atoms with Crippen LogP contribution in [0, 0.1) is 0 Å². The zero-order valence-electron chi connectivity index (χ0n) is 11.1. The Morgan fingerprint density at radius 3 is 2.18 bits per heavy atom. The maximum absolute atomic E-state index is 10.1. The minimum atomic E-state index is -0.837. The number of hydrogen-bond donors (Lipinski definition) is 1. The van der Waals surface area contributed by atoms with Crippen LogP contribution in [-0.4, -0.2) is 49.2 Å². The van der Waals surface area contributed by atoms with E-state index in [0.717, 1.165) is 0 Å². The Labute approximate surface area is 103 Å². The number of rotatable bonds is 4. The van der Waals surface area contributed by atoms with Crippen molar-refractivity contribution >= 4 is 5.97 Å². The van der Waals surface area contributed by atoms with Gasteiger partial charge in [0.2, 0.25) is 0 Å². The first-order chi connectivity index (χ1) is 7.91. The number of ether oxygens (including phenoxy) is 3. The molecule has 0 saturated carbocycles. The summed E-state index contributed by atoms with van der Waals surface area (Å²) in [5.41, 5.74) is 0. The SMILES string of the molecule is CC(C)OC(C)C.O=C(O)CC1COCCO1. The molecule has 0 spiro atoms. The van der Waals surface area contributed by atoms with Crippen LogP contribution in [0.25, 0.3) is 0 Å². The molecule has 0 aliphatic carbocycles. The molecule has 17 heavy (non-hydrogen) atoms. The maximum Gasteiger partial charge on any atom is 0.306 e. The van der Waals surface area contributed by atoms with Crippen molar-refractivity contribution in [3.63, 3.8) is 0 Å². The van der Waals surface area contributed by atoms with Crippen LogP contribution in [0.3, 0.4) is 0 Å². The van der Waals surface area contributed by atoms with Gasteiger partial charge in [-0.05, 0) is 27.7 Å². The molecular weight excluding hydrogens is 224 g/mol. The summed E-state index contributed by atoms with van der Waals surface area (Å²) >= 11 is 0. The second-order valence-corrected chi connectivity index (χ2v) is 4.40. The minimum absolute atomic E-state index is 0.0417. The molecule has 0 bridgehead atoms. The highest BCUT2D eigenvalue weighted by atomic mass is 16.6. The molecule has 5 nitrogen and oxygen atoms in total. The van der Waals surface area contributed by atoms with Gasteiger partial charge in [-0.25, -0.2) is 0 Å². The third-order valence-corrected chi connectivity index (χ3v) is 1.83. The van der Waals surface area contributed by atoms with Gasteiger partial charge in [0, 0.05) is 0 Å². The van der Waals surface area contributed by atoms with E-state index < -0.39 is 5.97 Å². The number of carboxylic acids is 1. The summed E-state index contributed by atoms with van der Waals surface area (Å²) in [6, 6.07) is 0. The molecule has 1 saturated heterocycles. The molecule has 1 N–H and O–H groups in total. The van der Waals surface area contributed by atoms with Gasteiger partial charge in [-0.3, -0.25) is 4.79 Å². The molecule has 0 amide bonds. The fourth-order valence-corrected chi connectivity index (χ4v) is 1.39. The van der Waals surface area contributed by atoms with E-state index in [0.29, 0.717) is 32.0 Å². The largest absolute Gasteiger partial charge is 0.481 e. The number of carboxylic acid groups (broad SMARTS) is 1. The van der Waals surface area contributed by atoms with Gasteiger partial charge in [0.1, 0.15) is 0 Å². The van der Waals surface area contributed by atoms with Crippen molar-refractivity contribution < 1.29 is 24.1 Å². The van der Waals surface area contributed by atoms with Crippen molar-refractivity contribution in [1.82, 2.24) is 0 Å². The van der Waals surface area contributed by atoms with Crippen LogP contribution >= 0.6 is 0 Å². The number of carbonyl (C=O) groups is 1. The van der Waals surface area contributed by atoms with Crippen LogP contribution in [0.15, 0.2) is 0 Å². The Morgan fingerprint density at radius 1 is 1.29 bits per heavy atom.